The van der Waals surface area contributed by atoms with Crippen LogP contribution in [0.5, 0.6) is 0 Å². The zero-order chi connectivity index (χ0) is 18.2. The lowest BCUT2D eigenvalue weighted by Crippen LogP contribution is -2.36. The second-order valence-corrected chi connectivity index (χ2v) is 7.16. The summed E-state index contributed by atoms with van der Waals surface area (Å²) in [6.45, 7) is 2.66. The van der Waals surface area contributed by atoms with E-state index in [1.54, 1.807) is 12.3 Å². The minimum atomic E-state index is 0.0230. The van der Waals surface area contributed by atoms with E-state index in [1.807, 2.05) is 29.2 Å². The van der Waals surface area contributed by atoms with Gasteiger partial charge in [0.15, 0.2) is 5.89 Å². The number of hydrogen-bond donors (Lipinski definition) is 0. The van der Waals surface area contributed by atoms with Gasteiger partial charge in [0.05, 0.1) is 17.6 Å². The molecule has 0 radical (unpaired) electrons. The zero-order valence-electron chi connectivity index (χ0n) is 15.1. The van der Waals surface area contributed by atoms with Crippen molar-refractivity contribution in [1.29, 1.82) is 0 Å². The summed E-state index contributed by atoms with van der Waals surface area (Å²) in [6, 6.07) is 9.55. The highest BCUT2D eigenvalue weighted by Gasteiger charge is 2.29. The van der Waals surface area contributed by atoms with Crippen LogP contribution >= 0.6 is 0 Å². The predicted octanol–water partition coefficient (Wildman–Crippen LogP) is 3.32. The van der Waals surface area contributed by atoms with Crippen molar-refractivity contribution in [2.45, 2.75) is 31.7 Å². The summed E-state index contributed by atoms with van der Waals surface area (Å²) in [7, 11) is 0. The largest absolute Gasteiger partial charge is 0.445 e. The molecular formula is C21H21N3O3. The van der Waals surface area contributed by atoms with Gasteiger partial charge in [-0.25, -0.2) is 4.98 Å². The van der Waals surface area contributed by atoms with E-state index in [0.29, 0.717) is 31.0 Å². The number of carbonyl (C=O) groups is 1. The number of pyridine rings is 1. The van der Waals surface area contributed by atoms with Gasteiger partial charge in [0.1, 0.15) is 11.5 Å². The average molecular weight is 363 g/mol. The van der Waals surface area contributed by atoms with E-state index >= 15 is 0 Å². The Morgan fingerprint density at radius 3 is 2.89 bits per heavy atom. The molecule has 2 aliphatic rings. The molecule has 2 aliphatic heterocycles. The highest BCUT2D eigenvalue weighted by molar-refractivity contribution is 6.05. The van der Waals surface area contributed by atoms with Gasteiger partial charge in [0.2, 0.25) is 0 Å². The zero-order valence-corrected chi connectivity index (χ0v) is 15.1. The lowest BCUT2D eigenvalue weighted by atomic mass is 10.0. The molecule has 138 valence electrons. The van der Waals surface area contributed by atoms with Crippen LogP contribution in [0.4, 0.5) is 0 Å². The highest BCUT2D eigenvalue weighted by atomic mass is 16.5. The summed E-state index contributed by atoms with van der Waals surface area (Å²) in [5.74, 6) is 2.10. The molecule has 0 N–H and O–H groups in total. The summed E-state index contributed by atoms with van der Waals surface area (Å²) in [4.78, 5) is 24.1. The fourth-order valence-corrected chi connectivity index (χ4v) is 3.96. The van der Waals surface area contributed by atoms with Gasteiger partial charge in [-0.2, -0.15) is 0 Å². The molecule has 0 atom stereocenters. The maximum Gasteiger partial charge on any atom is 0.254 e. The van der Waals surface area contributed by atoms with E-state index in [4.69, 9.17) is 14.1 Å². The minimum absolute atomic E-state index is 0.0230. The molecule has 6 nitrogen and oxygen atoms in total. The van der Waals surface area contributed by atoms with E-state index in [2.05, 4.69) is 4.98 Å². The summed E-state index contributed by atoms with van der Waals surface area (Å²) < 4.78 is 11.5. The molecule has 5 rings (SSSR count). The van der Waals surface area contributed by atoms with Crippen molar-refractivity contribution in [2.24, 2.45) is 0 Å². The number of para-hydroxylation sites is 1. The van der Waals surface area contributed by atoms with E-state index in [1.165, 1.54) is 0 Å². The van der Waals surface area contributed by atoms with Crippen LogP contribution in [-0.2, 0) is 17.7 Å². The van der Waals surface area contributed by atoms with Crippen LogP contribution in [0.25, 0.3) is 10.9 Å². The topological polar surface area (TPSA) is 68.5 Å². The van der Waals surface area contributed by atoms with Gasteiger partial charge in [-0.1, -0.05) is 18.2 Å². The van der Waals surface area contributed by atoms with Crippen LogP contribution in [0.3, 0.4) is 0 Å². The van der Waals surface area contributed by atoms with Crippen LogP contribution in [-0.4, -0.2) is 40.5 Å². The molecule has 0 saturated carbocycles. The normalized spacial score (nSPS) is 17.9. The Labute approximate surface area is 157 Å². The maximum atomic E-state index is 13.2. The van der Waals surface area contributed by atoms with E-state index < -0.39 is 0 Å². The molecule has 1 amide bonds. The van der Waals surface area contributed by atoms with Gasteiger partial charge in [-0.05, 0) is 25.0 Å². The molecule has 1 fully saturated rings. The van der Waals surface area contributed by atoms with Gasteiger partial charge in [0.25, 0.3) is 5.91 Å². The van der Waals surface area contributed by atoms with E-state index in [-0.39, 0.29) is 5.91 Å². The number of amides is 1. The van der Waals surface area contributed by atoms with Crippen LogP contribution in [0, 0.1) is 0 Å². The molecule has 0 aliphatic carbocycles. The number of oxazole rings is 1. The van der Waals surface area contributed by atoms with Gasteiger partial charge in [-0.3, -0.25) is 9.78 Å². The molecule has 4 heterocycles. The van der Waals surface area contributed by atoms with E-state index in [0.717, 1.165) is 54.3 Å². The summed E-state index contributed by atoms with van der Waals surface area (Å²) in [5, 5.41) is 0.888. The molecule has 2 aromatic heterocycles. The number of nitrogens with zero attached hydrogens (tertiary/aromatic N) is 3. The van der Waals surface area contributed by atoms with E-state index in [9.17, 15) is 4.79 Å². The number of rotatable bonds is 2. The third kappa shape index (κ3) is 3.00. The van der Waals surface area contributed by atoms with Crippen molar-refractivity contribution in [1.82, 2.24) is 14.9 Å². The Kier molecular flexibility index (Phi) is 4.13. The van der Waals surface area contributed by atoms with Gasteiger partial charge in [-0.15, -0.1) is 0 Å². The molecule has 27 heavy (non-hydrogen) atoms. The van der Waals surface area contributed by atoms with Gasteiger partial charge in [0, 0.05) is 43.7 Å². The van der Waals surface area contributed by atoms with Crippen LogP contribution < -0.4 is 0 Å². The van der Waals surface area contributed by atoms with Crippen molar-refractivity contribution < 1.29 is 13.9 Å². The van der Waals surface area contributed by atoms with Crippen LogP contribution in [0.2, 0.25) is 0 Å². The van der Waals surface area contributed by atoms with Crippen molar-refractivity contribution in [3.8, 4) is 0 Å². The first-order valence-electron chi connectivity index (χ1n) is 9.49. The fourth-order valence-electron chi connectivity index (χ4n) is 3.96. The monoisotopic (exact) mass is 363 g/mol. The number of carbonyl (C=O) groups excluding carboxylic acids is 1. The van der Waals surface area contributed by atoms with Crippen LogP contribution in [0.15, 0.2) is 40.9 Å². The third-order valence-electron chi connectivity index (χ3n) is 5.48. The Morgan fingerprint density at radius 2 is 2.00 bits per heavy atom. The molecular weight excluding hydrogens is 342 g/mol. The Morgan fingerprint density at radius 1 is 1.15 bits per heavy atom. The van der Waals surface area contributed by atoms with Crippen molar-refractivity contribution in [3.63, 3.8) is 0 Å². The first-order valence-corrected chi connectivity index (χ1v) is 9.49. The molecule has 1 aromatic carbocycles. The third-order valence-corrected chi connectivity index (χ3v) is 5.48. The summed E-state index contributed by atoms with van der Waals surface area (Å²) >= 11 is 0. The number of benzene rings is 1. The Hall–Kier alpha value is -2.73. The molecule has 0 unspecified atom stereocenters. The van der Waals surface area contributed by atoms with Crippen LogP contribution in [0.1, 0.15) is 46.5 Å². The average Bonchev–Trinajstić information content (AvgIpc) is 3.17. The van der Waals surface area contributed by atoms with Crippen molar-refractivity contribution in [2.75, 3.05) is 19.8 Å². The number of hydrogen-bond acceptors (Lipinski definition) is 5. The minimum Gasteiger partial charge on any atom is -0.445 e. The first-order chi connectivity index (χ1) is 13.3. The summed E-state index contributed by atoms with van der Waals surface area (Å²) in [6.07, 6.45) is 4.31. The fraction of sp³-hybridized carbons (Fsp3) is 0.381. The lowest BCUT2D eigenvalue weighted by Gasteiger charge is -2.25. The Bertz CT molecular complexity index is 986. The number of aromatic nitrogens is 2. The second kappa shape index (κ2) is 6.78. The van der Waals surface area contributed by atoms with Gasteiger partial charge < -0.3 is 14.1 Å². The second-order valence-electron chi connectivity index (χ2n) is 7.16. The smallest absolute Gasteiger partial charge is 0.254 e. The summed E-state index contributed by atoms with van der Waals surface area (Å²) in [5.41, 5.74) is 2.43. The quantitative estimate of drug-likeness (QED) is 0.699. The Balaban J connectivity index is 1.40. The predicted molar refractivity (Wildman–Crippen MR) is 99.5 cm³/mol. The lowest BCUT2D eigenvalue weighted by molar-refractivity contribution is 0.0727. The van der Waals surface area contributed by atoms with Crippen molar-refractivity contribution >= 4 is 16.8 Å². The standard InChI is InChI=1S/C21H21N3O3/c25-21(16-5-9-22-17-4-2-1-3-15(16)17)24-10-6-19-18(13-24)23-20(27-19)14-7-11-26-12-8-14/h1-5,9,14H,6-8,10-13H2. The molecule has 0 spiro atoms. The maximum absolute atomic E-state index is 13.2. The number of fused-ring (bicyclic) bond motifs is 2. The first kappa shape index (κ1) is 16.4. The SMILES string of the molecule is O=C(c1ccnc2ccccc12)N1CCc2oc(C3CCOCC3)nc2C1. The number of ether oxygens (including phenoxy) is 1. The molecule has 3 aromatic rings. The molecule has 1 saturated heterocycles. The highest BCUT2D eigenvalue weighted by Crippen LogP contribution is 2.30. The van der Waals surface area contributed by atoms with Gasteiger partial charge >= 0.3 is 0 Å². The molecule has 0 bridgehead atoms. The molecule has 6 heteroatoms. The van der Waals surface area contributed by atoms with Crippen molar-refractivity contribution in [3.05, 3.63) is 59.4 Å².